The van der Waals surface area contributed by atoms with Gasteiger partial charge in [-0.25, -0.2) is 13.1 Å². The maximum atomic E-state index is 12.3. The van der Waals surface area contributed by atoms with E-state index in [2.05, 4.69) is 14.9 Å². The van der Waals surface area contributed by atoms with Gasteiger partial charge < -0.3 is 5.11 Å². The van der Waals surface area contributed by atoms with Crippen LogP contribution < -0.4 is 4.72 Å². The number of rotatable bonds is 5. The second-order valence-electron chi connectivity index (χ2n) is 4.34. The number of aromatic nitrogens is 2. The molecule has 0 amide bonds. The molecule has 0 spiro atoms. The molecule has 1 aromatic heterocycles. The van der Waals surface area contributed by atoms with E-state index in [0.717, 1.165) is 11.3 Å². The summed E-state index contributed by atoms with van der Waals surface area (Å²) in [7, 11) is -3.83. The van der Waals surface area contributed by atoms with Gasteiger partial charge in [0, 0.05) is 28.4 Å². The Morgan fingerprint density at radius 2 is 2.10 bits per heavy atom. The van der Waals surface area contributed by atoms with Crippen LogP contribution in [0.2, 0.25) is 10.0 Å². The Morgan fingerprint density at radius 1 is 1.38 bits per heavy atom. The van der Waals surface area contributed by atoms with Gasteiger partial charge in [0.2, 0.25) is 10.0 Å². The van der Waals surface area contributed by atoms with Crippen LogP contribution in [-0.4, -0.2) is 23.7 Å². The number of hydrogen-bond acceptors (Lipinski definition) is 4. The summed E-state index contributed by atoms with van der Waals surface area (Å²) in [4.78, 5) is -0.126. The monoisotopic (exact) mass is 349 g/mol. The summed E-state index contributed by atoms with van der Waals surface area (Å²) in [5.74, 6) is 0. The van der Waals surface area contributed by atoms with Crippen LogP contribution in [0.25, 0.3) is 0 Å². The lowest BCUT2D eigenvalue weighted by Gasteiger charge is -2.11. The summed E-state index contributed by atoms with van der Waals surface area (Å²) in [6.07, 6.45) is 1.54. The Hall–Kier alpha value is -1.12. The van der Waals surface area contributed by atoms with Crippen molar-refractivity contribution < 1.29 is 13.5 Å². The first-order valence-corrected chi connectivity index (χ1v) is 8.17. The highest BCUT2D eigenvalue weighted by Gasteiger charge is 2.21. The highest BCUT2D eigenvalue weighted by atomic mass is 35.5. The number of aryl methyl sites for hydroxylation is 1. The topological polar surface area (TPSA) is 95.1 Å². The second kappa shape index (κ2) is 6.33. The van der Waals surface area contributed by atoms with Gasteiger partial charge in [-0.05, 0) is 19.1 Å². The molecule has 0 bridgehead atoms. The highest BCUT2D eigenvalue weighted by molar-refractivity contribution is 7.89. The fourth-order valence-electron chi connectivity index (χ4n) is 1.73. The first-order valence-electron chi connectivity index (χ1n) is 5.93. The normalized spacial score (nSPS) is 11.8. The van der Waals surface area contributed by atoms with E-state index < -0.39 is 16.6 Å². The van der Waals surface area contributed by atoms with E-state index in [1.54, 1.807) is 13.1 Å². The van der Waals surface area contributed by atoms with Crippen molar-refractivity contribution in [3.05, 3.63) is 45.2 Å². The molecule has 6 nitrogen and oxygen atoms in total. The van der Waals surface area contributed by atoms with Crippen LogP contribution >= 0.6 is 23.2 Å². The molecule has 0 fully saturated rings. The van der Waals surface area contributed by atoms with Crippen LogP contribution in [0.4, 0.5) is 0 Å². The Kier molecular flexibility index (Phi) is 4.90. The molecule has 0 aliphatic rings. The van der Waals surface area contributed by atoms with Crippen molar-refractivity contribution in [1.82, 2.24) is 14.9 Å². The molecule has 2 aromatic rings. The van der Waals surface area contributed by atoms with Gasteiger partial charge in [0.05, 0.1) is 17.8 Å². The molecule has 114 valence electrons. The third-order valence-corrected chi connectivity index (χ3v) is 5.33. The number of aliphatic hydroxyl groups is 1. The molecule has 0 aliphatic carbocycles. The average Bonchev–Trinajstić information content (AvgIpc) is 2.82. The maximum absolute atomic E-state index is 12.3. The van der Waals surface area contributed by atoms with Crippen LogP contribution in [0.5, 0.6) is 0 Å². The maximum Gasteiger partial charge on any atom is 0.242 e. The summed E-state index contributed by atoms with van der Waals surface area (Å²) in [6.45, 7) is 1.43. The molecule has 9 heteroatoms. The van der Waals surface area contributed by atoms with E-state index in [1.165, 1.54) is 12.1 Å². The van der Waals surface area contributed by atoms with E-state index >= 15 is 0 Å². The molecule has 1 aromatic carbocycles. The van der Waals surface area contributed by atoms with Gasteiger partial charge in [0.15, 0.2) is 0 Å². The molecule has 0 aliphatic heterocycles. The number of aromatic amines is 1. The van der Waals surface area contributed by atoms with Crippen LogP contribution in [0.15, 0.2) is 23.2 Å². The zero-order valence-corrected chi connectivity index (χ0v) is 13.3. The van der Waals surface area contributed by atoms with Crippen LogP contribution in [0.3, 0.4) is 0 Å². The summed E-state index contributed by atoms with van der Waals surface area (Å²) >= 11 is 11.9. The Morgan fingerprint density at radius 3 is 2.67 bits per heavy atom. The standard InChI is InChI=1S/C12H13Cl2N3O3S/c1-7-8(4-15-17-7)5-16-21(19,20)11-3-2-10(13)9(6-18)12(11)14/h2-4,16,18H,5-6H2,1H3,(H,15,17). The number of sulfonamides is 1. The zero-order chi connectivity index (χ0) is 15.6. The molecule has 21 heavy (non-hydrogen) atoms. The van der Waals surface area contributed by atoms with Crippen molar-refractivity contribution in [2.75, 3.05) is 0 Å². The first-order chi connectivity index (χ1) is 9.86. The molecule has 0 unspecified atom stereocenters. The molecule has 0 radical (unpaired) electrons. The van der Waals surface area contributed by atoms with Crippen molar-refractivity contribution in [3.63, 3.8) is 0 Å². The molecule has 0 saturated carbocycles. The lowest BCUT2D eigenvalue weighted by atomic mass is 10.2. The van der Waals surface area contributed by atoms with Crippen LogP contribution in [0.1, 0.15) is 16.8 Å². The van der Waals surface area contributed by atoms with E-state index in [9.17, 15) is 13.5 Å². The summed E-state index contributed by atoms with van der Waals surface area (Å²) < 4.78 is 27.0. The van der Waals surface area contributed by atoms with E-state index in [4.69, 9.17) is 23.2 Å². The molecule has 3 N–H and O–H groups in total. The third kappa shape index (κ3) is 3.38. The largest absolute Gasteiger partial charge is 0.392 e. The number of nitrogens with zero attached hydrogens (tertiary/aromatic N) is 1. The quantitative estimate of drug-likeness (QED) is 0.769. The van der Waals surface area contributed by atoms with Crippen LogP contribution in [0, 0.1) is 6.92 Å². The average molecular weight is 350 g/mol. The van der Waals surface area contributed by atoms with E-state index in [-0.39, 0.29) is 27.0 Å². The molecule has 0 atom stereocenters. The van der Waals surface area contributed by atoms with Crippen molar-refractivity contribution in [1.29, 1.82) is 0 Å². The third-order valence-electron chi connectivity index (χ3n) is 2.99. The van der Waals surface area contributed by atoms with Gasteiger partial charge in [-0.15, -0.1) is 0 Å². The van der Waals surface area contributed by atoms with Gasteiger partial charge in [-0.3, -0.25) is 5.10 Å². The Balaban J connectivity index is 2.30. The van der Waals surface area contributed by atoms with Crippen molar-refractivity contribution in [3.8, 4) is 0 Å². The number of nitrogens with one attached hydrogen (secondary N) is 2. The molecular formula is C12H13Cl2N3O3S. The smallest absolute Gasteiger partial charge is 0.242 e. The zero-order valence-electron chi connectivity index (χ0n) is 11.0. The van der Waals surface area contributed by atoms with Crippen molar-refractivity contribution in [2.24, 2.45) is 0 Å². The number of halogens is 2. The van der Waals surface area contributed by atoms with Crippen molar-refractivity contribution in [2.45, 2.75) is 25.0 Å². The van der Waals surface area contributed by atoms with Gasteiger partial charge in [-0.2, -0.15) is 5.10 Å². The molecule has 2 rings (SSSR count). The number of aliphatic hydroxyl groups excluding tert-OH is 1. The number of benzene rings is 1. The number of hydrogen-bond donors (Lipinski definition) is 3. The minimum absolute atomic E-state index is 0.0814. The summed E-state index contributed by atoms with van der Waals surface area (Å²) in [5, 5.41) is 15.9. The Labute approximate surface area is 132 Å². The molecular weight excluding hydrogens is 337 g/mol. The first kappa shape index (κ1) is 16.3. The van der Waals surface area contributed by atoms with Gasteiger partial charge >= 0.3 is 0 Å². The number of H-pyrrole nitrogens is 1. The molecule has 1 heterocycles. The lowest BCUT2D eigenvalue weighted by Crippen LogP contribution is -2.24. The van der Waals surface area contributed by atoms with Crippen LogP contribution in [-0.2, 0) is 23.2 Å². The summed E-state index contributed by atoms with van der Waals surface area (Å²) in [5.41, 5.74) is 1.68. The minimum atomic E-state index is -3.83. The fourth-order valence-corrected chi connectivity index (χ4v) is 3.64. The molecule has 0 saturated heterocycles. The van der Waals surface area contributed by atoms with E-state index in [0.29, 0.717) is 0 Å². The SMILES string of the molecule is Cc1[nH]ncc1CNS(=O)(=O)c1ccc(Cl)c(CO)c1Cl. The Bertz CT molecular complexity index is 759. The fraction of sp³-hybridized carbons (Fsp3) is 0.250. The predicted octanol–water partition coefficient (Wildman–Crippen LogP) is 2.00. The van der Waals surface area contributed by atoms with Gasteiger partial charge in [0.25, 0.3) is 0 Å². The van der Waals surface area contributed by atoms with Gasteiger partial charge in [0.1, 0.15) is 4.90 Å². The predicted molar refractivity (Wildman–Crippen MR) is 79.7 cm³/mol. The van der Waals surface area contributed by atoms with E-state index in [1.807, 2.05) is 0 Å². The summed E-state index contributed by atoms with van der Waals surface area (Å²) in [6, 6.07) is 2.69. The van der Waals surface area contributed by atoms with Crippen molar-refractivity contribution >= 4 is 33.2 Å². The minimum Gasteiger partial charge on any atom is -0.392 e. The second-order valence-corrected chi connectivity index (χ2v) is 6.86. The lowest BCUT2D eigenvalue weighted by molar-refractivity contribution is 0.281. The highest BCUT2D eigenvalue weighted by Crippen LogP contribution is 2.31. The van der Waals surface area contributed by atoms with Gasteiger partial charge in [-0.1, -0.05) is 23.2 Å².